The highest BCUT2D eigenvalue weighted by Crippen LogP contribution is 2.47. The van der Waals surface area contributed by atoms with Crippen LogP contribution in [0.2, 0.25) is 10.0 Å². The predicted octanol–water partition coefficient (Wildman–Crippen LogP) is 5.24. The minimum atomic E-state index is -3.73. The van der Waals surface area contributed by atoms with Crippen LogP contribution in [0.25, 0.3) is 0 Å². The number of benzene rings is 2. The van der Waals surface area contributed by atoms with Gasteiger partial charge >= 0.3 is 7.60 Å². The Morgan fingerprint density at radius 2 is 1.20 bits per heavy atom. The van der Waals surface area contributed by atoms with Gasteiger partial charge in [-0.25, -0.2) is 4.57 Å². The molecule has 3 nitrogen and oxygen atoms in total. The number of rotatable bonds is 4. The maximum Gasteiger partial charge on any atom is 0.509 e. The molecule has 0 radical (unpaired) electrons. The molecule has 0 aromatic heterocycles. The third-order valence-corrected chi connectivity index (χ3v) is 3.96. The summed E-state index contributed by atoms with van der Waals surface area (Å²) in [6, 6.07) is 12.6. The maximum absolute atomic E-state index is 12.3. The van der Waals surface area contributed by atoms with E-state index in [2.05, 4.69) is 0 Å². The zero-order chi connectivity index (χ0) is 14.6. The average Bonchev–Trinajstić information content (AvgIpc) is 2.44. The summed E-state index contributed by atoms with van der Waals surface area (Å²) in [6.07, 6.45) is 5.25. The first kappa shape index (κ1) is 14.8. The Hall–Kier alpha value is -1.59. The Balaban J connectivity index is 2.17. The van der Waals surface area contributed by atoms with E-state index in [1.807, 2.05) is 5.66 Å². The van der Waals surface area contributed by atoms with E-state index in [0.29, 0.717) is 21.5 Å². The fourth-order valence-electron chi connectivity index (χ4n) is 1.34. The van der Waals surface area contributed by atoms with Crippen molar-refractivity contribution in [1.29, 1.82) is 0 Å². The van der Waals surface area contributed by atoms with E-state index in [1.165, 1.54) is 0 Å². The van der Waals surface area contributed by atoms with Gasteiger partial charge < -0.3 is 9.05 Å². The van der Waals surface area contributed by atoms with Gasteiger partial charge in [0, 0.05) is 15.7 Å². The molecule has 2 aromatic carbocycles. The van der Waals surface area contributed by atoms with Crippen LogP contribution in [0.4, 0.5) is 0 Å². The largest absolute Gasteiger partial charge is 0.509 e. The monoisotopic (exact) mass is 326 g/mol. The summed E-state index contributed by atoms with van der Waals surface area (Å²) in [5.41, 5.74) is 2.05. The van der Waals surface area contributed by atoms with E-state index >= 15 is 0 Å². The molecular weight excluding hydrogens is 318 g/mol. The molecule has 102 valence electrons. The van der Waals surface area contributed by atoms with Gasteiger partial charge in [-0.3, -0.25) is 0 Å². The van der Waals surface area contributed by atoms with Crippen molar-refractivity contribution in [3.05, 3.63) is 58.6 Å². The first-order valence-electron chi connectivity index (χ1n) is 5.49. The zero-order valence-electron chi connectivity index (χ0n) is 10.1. The standard InChI is InChI=1S/C14H9Cl2O3P/c1-2-20(17,18-13-7-3-11(15)4-8-13)19-14-9-5-12(16)6-10-14/h1,3-10H. The molecule has 0 aliphatic carbocycles. The second-order valence-electron chi connectivity index (χ2n) is 3.72. The van der Waals surface area contributed by atoms with Gasteiger partial charge in [0.1, 0.15) is 11.5 Å². The molecule has 0 saturated heterocycles. The maximum atomic E-state index is 12.3. The van der Waals surface area contributed by atoms with Crippen LogP contribution >= 0.6 is 30.8 Å². The van der Waals surface area contributed by atoms with Crippen molar-refractivity contribution in [3.63, 3.8) is 0 Å². The lowest BCUT2D eigenvalue weighted by molar-refractivity contribution is 0.400. The molecule has 0 aliphatic rings. The van der Waals surface area contributed by atoms with Crippen LogP contribution in [-0.4, -0.2) is 0 Å². The van der Waals surface area contributed by atoms with Gasteiger partial charge in [0.2, 0.25) is 0 Å². The summed E-state index contributed by atoms with van der Waals surface area (Å²) in [7, 11) is -3.73. The Kier molecular flexibility index (Phi) is 4.62. The highest BCUT2D eigenvalue weighted by atomic mass is 35.5. The Labute approximate surface area is 127 Å². The smallest absolute Gasteiger partial charge is 0.407 e. The number of hydrogen-bond acceptors (Lipinski definition) is 3. The summed E-state index contributed by atoms with van der Waals surface area (Å²) in [4.78, 5) is 0. The van der Waals surface area contributed by atoms with Crippen molar-refractivity contribution in [2.24, 2.45) is 0 Å². The summed E-state index contributed by atoms with van der Waals surface area (Å²) in [5, 5.41) is 1.07. The van der Waals surface area contributed by atoms with E-state index in [4.69, 9.17) is 38.7 Å². The fraction of sp³-hybridized carbons (Fsp3) is 0. The van der Waals surface area contributed by atoms with Crippen molar-refractivity contribution in [2.45, 2.75) is 0 Å². The van der Waals surface area contributed by atoms with Crippen LogP contribution in [0.1, 0.15) is 0 Å². The number of terminal acetylenes is 1. The van der Waals surface area contributed by atoms with Crippen molar-refractivity contribution in [2.75, 3.05) is 0 Å². The first-order chi connectivity index (χ1) is 9.50. The van der Waals surface area contributed by atoms with E-state index < -0.39 is 7.60 Å². The van der Waals surface area contributed by atoms with Crippen LogP contribution < -0.4 is 9.05 Å². The summed E-state index contributed by atoms with van der Waals surface area (Å²) in [5.74, 6) is 0.620. The molecule has 0 amide bonds. The molecular formula is C14H9Cl2O3P. The van der Waals surface area contributed by atoms with Gasteiger partial charge in [-0.2, -0.15) is 0 Å². The highest BCUT2D eigenvalue weighted by Gasteiger charge is 2.25. The molecule has 0 N–H and O–H groups in total. The molecule has 0 heterocycles. The lowest BCUT2D eigenvalue weighted by Crippen LogP contribution is -1.98. The molecule has 2 aromatic rings. The number of halogens is 2. The predicted molar refractivity (Wildman–Crippen MR) is 80.6 cm³/mol. The molecule has 6 heteroatoms. The number of hydrogen-bond donors (Lipinski definition) is 0. The molecule has 20 heavy (non-hydrogen) atoms. The van der Waals surface area contributed by atoms with Gasteiger partial charge in [-0.05, 0) is 48.5 Å². The molecule has 0 aliphatic heterocycles. The van der Waals surface area contributed by atoms with E-state index in [0.717, 1.165) is 0 Å². The van der Waals surface area contributed by atoms with Crippen LogP contribution in [0.15, 0.2) is 48.5 Å². The Bertz CT molecular complexity index is 624. The van der Waals surface area contributed by atoms with Gasteiger partial charge in [0.05, 0.1) is 0 Å². The normalized spacial score (nSPS) is 10.7. The van der Waals surface area contributed by atoms with Gasteiger partial charge in [0.25, 0.3) is 0 Å². The van der Waals surface area contributed by atoms with E-state index in [-0.39, 0.29) is 0 Å². The molecule has 0 atom stereocenters. The van der Waals surface area contributed by atoms with E-state index in [1.54, 1.807) is 48.5 Å². The molecule has 0 saturated carbocycles. The first-order valence-corrected chi connectivity index (χ1v) is 7.79. The van der Waals surface area contributed by atoms with Crippen molar-refractivity contribution in [1.82, 2.24) is 0 Å². The topological polar surface area (TPSA) is 35.5 Å². The fourth-order valence-corrected chi connectivity index (χ4v) is 2.53. The Morgan fingerprint density at radius 3 is 1.50 bits per heavy atom. The van der Waals surface area contributed by atoms with Gasteiger partial charge in [-0.1, -0.05) is 23.2 Å². The summed E-state index contributed by atoms with van der Waals surface area (Å²) < 4.78 is 22.8. The third kappa shape index (κ3) is 3.95. The van der Waals surface area contributed by atoms with Gasteiger partial charge in [0.15, 0.2) is 0 Å². The Morgan fingerprint density at radius 1 is 0.850 bits per heavy atom. The van der Waals surface area contributed by atoms with Crippen LogP contribution in [-0.2, 0) is 4.57 Å². The minimum Gasteiger partial charge on any atom is -0.407 e. The highest BCUT2D eigenvalue weighted by molar-refractivity contribution is 7.60. The minimum absolute atomic E-state index is 0.310. The molecule has 0 spiro atoms. The lowest BCUT2D eigenvalue weighted by atomic mass is 10.3. The van der Waals surface area contributed by atoms with Crippen molar-refractivity contribution >= 4 is 30.8 Å². The summed E-state index contributed by atoms with van der Waals surface area (Å²) >= 11 is 11.5. The second kappa shape index (κ2) is 6.24. The zero-order valence-corrected chi connectivity index (χ0v) is 12.5. The molecule has 2 rings (SSSR count). The van der Waals surface area contributed by atoms with Crippen LogP contribution in [0, 0.1) is 12.1 Å². The average molecular weight is 327 g/mol. The molecule has 0 bridgehead atoms. The third-order valence-electron chi connectivity index (χ3n) is 2.24. The van der Waals surface area contributed by atoms with Crippen molar-refractivity contribution in [3.8, 4) is 23.6 Å². The second-order valence-corrected chi connectivity index (χ2v) is 6.21. The lowest BCUT2D eigenvalue weighted by Gasteiger charge is -2.14. The van der Waals surface area contributed by atoms with Gasteiger partial charge in [-0.15, -0.1) is 6.42 Å². The van der Waals surface area contributed by atoms with Crippen molar-refractivity contribution < 1.29 is 13.6 Å². The molecule has 0 unspecified atom stereocenters. The molecule has 0 fully saturated rings. The van der Waals surface area contributed by atoms with Crippen LogP contribution in [0.3, 0.4) is 0 Å². The van der Waals surface area contributed by atoms with E-state index in [9.17, 15) is 4.57 Å². The van der Waals surface area contributed by atoms with Crippen LogP contribution in [0.5, 0.6) is 11.5 Å². The summed E-state index contributed by atoms with van der Waals surface area (Å²) in [6.45, 7) is 0. The SMILES string of the molecule is C#CP(=O)(Oc1ccc(Cl)cc1)Oc1ccc(Cl)cc1. The quantitative estimate of drug-likeness (QED) is 0.569.